The molecule has 21 heavy (non-hydrogen) atoms. The van der Waals surface area contributed by atoms with Crippen LogP contribution in [0, 0.1) is 25.2 Å². The van der Waals surface area contributed by atoms with Crippen LogP contribution >= 0.6 is 0 Å². The molecule has 3 rings (SSSR count). The average Bonchev–Trinajstić information content (AvgIpc) is 3.26. The van der Waals surface area contributed by atoms with Crippen molar-refractivity contribution in [2.75, 3.05) is 12.0 Å². The van der Waals surface area contributed by atoms with Crippen LogP contribution in [0.5, 0.6) is 0 Å². The molecule has 0 spiro atoms. The van der Waals surface area contributed by atoms with E-state index in [1.54, 1.807) is 26.0 Å². The van der Waals surface area contributed by atoms with Crippen LogP contribution < -0.4 is 16.0 Å². The summed E-state index contributed by atoms with van der Waals surface area (Å²) in [5.74, 6) is 6.14. The number of benzene rings is 1. The third-order valence-electron chi connectivity index (χ3n) is 4.85. The molecule has 0 aromatic heterocycles. The van der Waals surface area contributed by atoms with Crippen molar-refractivity contribution in [1.29, 1.82) is 0 Å². The van der Waals surface area contributed by atoms with Crippen molar-refractivity contribution in [2.24, 2.45) is 17.2 Å². The summed E-state index contributed by atoms with van der Waals surface area (Å²) < 4.78 is 28.1. The van der Waals surface area contributed by atoms with Gasteiger partial charge < -0.3 is 5.43 Å². The molecule has 0 radical (unpaired) electrons. The molecule has 0 atom stereocenters. The summed E-state index contributed by atoms with van der Waals surface area (Å²) in [6.07, 6.45) is 4.84. The topological polar surface area (TPSA) is 84.2 Å². The second-order valence-electron chi connectivity index (χ2n) is 6.54. The third kappa shape index (κ3) is 2.80. The number of anilines is 1. The highest BCUT2D eigenvalue weighted by Gasteiger charge is 2.53. The Bertz CT molecular complexity index is 638. The van der Waals surface area contributed by atoms with Crippen LogP contribution in [0.1, 0.15) is 36.8 Å². The lowest BCUT2D eigenvalue weighted by Crippen LogP contribution is -2.32. The van der Waals surface area contributed by atoms with E-state index in [4.69, 9.17) is 5.84 Å². The molecule has 116 valence electrons. The van der Waals surface area contributed by atoms with Crippen LogP contribution in [0.15, 0.2) is 17.0 Å². The maximum Gasteiger partial charge on any atom is 0.241 e. The lowest BCUT2D eigenvalue weighted by Gasteiger charge is -2.18. The number of hydrogen-bond donors (Lipinski definition) is 3. The zero-order valence-electron chi connectivity index (χ0n) is 12.6. The Balaban J connectivity index is 1.81. The molecule has 4 N–H and O–H groups in total. The SMILES string of the molecule is Cc1cc(NN)cc(C)c1S(=O)(=O)NCC1(C2CC2)CC1. The molecule has 2 fully saturated rings. The van der Waals surface area contributed by atoms with Crippen molar-refractivity contribution in [1.82, 2.24) is 4.72 Å². The van der Waals surface area contributed by atoms with Crippen molar-refractivity contribution >= 4 is 15.7 Å². The Labute approximate surface area is 126 Å². The predicted octanol–water partition coefficient (Wildman–Crippen LogP) is 2.06. The summed E-state index contributed by atoms with van der Waals surface area (Å²) in [5, 5.41) is 0. The van der Waals surface area contributed by atoms with E-state index in [1.807, 2.05) is 0 Å². The largest absolute Gasteiger partial charge is 0.324 e. The van der Waals surface area contributed by atoms with Gasteiger partial charge in [-0.1, -0.05) is 0 Å². The van der Waals surface area contributed by atoms with E-state index in [-0.39, 0.29) is 5.41 Å². The molecule has 0 unspecified atom stereocenters. The minimum Gasteiger partial charge on any atom is -0.324 e. The maximum absolute atomic E-state index is 12.6. The number of hydrogen-bond acceptors (Lipinski definition) is 4. The van der Waals surface area contributed by atoms with Crippen LogP contribution in [0.4, 0.5) is 5.69 Å². The van der Waals surface area contributed by atoms with Gasteiger partial charge in [-0.05, 0) is 74.1 Å². The molecule has 2 aliphatic carbocycles. The molecule has 0 amide bonds. The molecular weight excluding hydrogens is 286 g/mol. The summed E-state index contributed by atoms with van der Waals surface area (Å²) in [5.41, 5.74) is 4.97. The van der Waals surface area contributed by atoms with E-state index in [2.05, 4.69) is 10.1 Å². The van der Waals surface area contributed by atoms with E-state index in [9.17, 15) is 8.42 Å². The molecule has 2 aliphatic rings. The molecular formula is C15H23N3O2S. The zero-order valence-corrected chi connectivity index (χ0v) is 13.4. The first-order valence-corrected chi connectivity index (χ1v) is 8.94. The van der Waals surface area contributed by atoms with E-state index >= 15 is 0 Å². The van der Waals surface area contributed by atoms with Gasteiger partial charge in [0.15, 0.2) is 0 Å². The van der Waals surface area contributed by atoms with Crippen molar-refractivity contribution in [3.8, 4) is 0 Å². The molecule has 6 heteroatoms. The standard InChI is InChI=1S/C15H23N3O2S/c1-10-7-13(18-16)8-11(2)14(10)21(19,20)17-9-15(5-6-15)12-3-4-12/h7-8,12,17-18H,3-6,9,16H2,1-2H3. The van der Waals surface area contributed by atoms with Gasteiger partial charge in [-0.3, -0.25) is 5.84 Å². The number of nitrogens with one attached hydrogen (secondary N) is 2. The van der Waals surface area contributed by atoms with Crippen LogP contribution in [-0.4, -0.2) is 15.0 Å². The summed E-state index contributed by atoms with van der Waals surface area (Å²) in [6, 6.07) is 3.52. The molecule has 0 saturated heterocycles. The van der Waals surface area contributed by atoms with Gasteiger partial charge in [0.05, 0.1) is 4.90 Å². The number of rotatable bonds is 6. The van der Waals surface area contributed by atoms with Crippen LogP contribution in [0.2, 0.25) is 0 Å². The fraction of sp³-hybridized carbons (Fsp3) is 0.600. The van der Waals surface area contributed by atoms with Gasteiger partial charge in [0, 0.05) is 12.2 Å². The first-order chi connectivity index (χ1) is 9.88. The number of nitrogen functional groups attached to an aromatic ring is 1. The highest BCUT2D eigenvalue weighted by Crippen LogP contribution is 2.60. The highest BCUT2D eigenvalue weighted by molar-refractivity contribution is 7.89. The number of aryl methyl sites for hydroxylation is 2. The molecule has 5 nitrogen and oxygen atoms in total. The summed E-state index contributed by atoms with van der Waals surface area (Å²) >= 11 is 0. The minimum absolute atomic E-state index is 0.258. The van der Waals surface area contributed by atoms with Crippen molar-refractivity contribution < 1.29 is 8.42 Å². The van der Waals surface area contributed by atoms with E-state index in [1.165, 1.54) is 12.8 Å². The summed E-state index contributed by atoms with van der Waals surface area (Å²) in [6.45, 7) is 4.18. The zero-order chi connectivity index (χ0) is 15.3. The predicted molar refractivity (Wildman–Crippen MR) is 83.3 cm³/mol. The van der Waals surface area contributed by atoms with Gasteiger partial charge in [0.25, 0.3) is 0 Å². The lowest BCUT2D eigenvalue weighted by atomic mass is 10.0. The van der Waals surface area contributed by atoms with Gasteiger partial charge in [0.2, 0.25) is 10.0 Å². The van der Waals surface area contributed by atoms with Crippen LogP contribution in [-0.2, 0) is 10.0 Å². The third-order valence-corrected chi connectivity index (χ3v) is 6.55. The summed E-state index contributed by atoms with van der Waals surface area (Å²) in [7, 11) is -3.46. The van der Waals surface area contributed by atoms with Gasteiger partial charge >= 0.3 is 0 Å². The van der Waals surface area contributed by atoms with Crippen LogP contribution in [0.25, 0.3) is 0 Å². The lowest BCUT2D eigenvalue weighted by molar-refractivity contribution is 0.431. The van der Waals surface area contributed by atoms with Crippen molar-refractivity contribution in [3.63, 3.8) is 0 Å². The first kappa shape index (κ1) is 14.8. The van der Waals surface area contributed by atoms with Gasteiger partial charge in [-0.15, -0.1) is 0 Å². The fourth-order valence-electron chi connectivity index (χ4n) is 3.35. The monoisotopic (exact) mass is 309 g/mol. The molecule has 0 heterocycles. The molecule has 0 bridgehead atoms. The normalized spacial score (nSPS) is 20.3. The Morgan fingerprint density at radius 3 is 2.24 bits per heavy atom. The minimum atomic E-state index is -3.46. The number of sulfonamides is 1. The quantitative estimate of drug-likeness (QED) is 0.555. The maximum atomic E-state index is 12.6. The van der Waals surface area contributed by atoms with Crippen LogP contribution in [0.3, 0.4) is 0 Å². The average molecular weight is 309 g/mol. The Morgan fingerprint density at radius 1 is 1.24 bits per heavy atom. The molecule has 1 aromatic carbocycles. The van der Waals surface area contributed by atoms with Gasteiger partial charge in [-0.2, -0.15) is 0 Å². The number of nitrogens with two attached hydrogens (primary N) is 1. The Hall–Kier alpha value is -1.11. The molecule has 0 aliphatic heterocycles. The first-order valence-electron chi connectivity index (χ1n) is 7.45. The molecule has 1 aromatic rings. The van der Waals surface area contributed by atoms with Gasteiger partial charge in [-0.25, -0.2) is 13.1 Å². The number of hydrazine groups is 1. The Kier molecular flexibility index (Phi) is 3.50. The second kappa shape index (κ2) is 4.97. The van der Waals surface area contributed by atoms with E-state index < -0.39 is 10.0 Å². The summed E-state index contributed by atoms with van der Waals surface area (Å²) in [4.78, 5) is 0.382. The smallest absolute Gasteiger partial charge is 0.241 e. The van der Waals surface area contributed by atoms with Crippen molar-refractivity contribution in [3.05, 3.63) is 23.3 Å². The van der Waals surface area contributed by atoms with E-state index in [0.29, 0.717) is 22.6 Å². The second-order valence-corrected chi connectivity index (χ2v) is 8.25. The fourth-order valence-corrected chi connectivity index (χ4v) is 4.94. The highest BCUT2D eigenvalue weighted by atomic mass is 32.2. The van der Waals surface area contributed by atoms with E-state index in [0.717, 1.165) is 24.4 Å². The van der Waals surface area contributed by atoms with Crippen molar-refractivity contribution in [2.45, 2.75) is 44.4 Å². The Morgan fingerprint density at radius 2 is 1.81 bits per heavy atom. The molecule has 2 saturated carbocycles. The van der Waals surface area contributed by atoms with Gasteiger partial charge in [0.1, 0.15) is 0 Å².